The molecule has 1 fully saturated rings. The van der Waals surface area contributed by atoms with Crippen LogP contribution < -0.4 is 5.32 Å². The molecule has 0 saturated carbocycles. The highest BCUT2D eigenvalue weighted by Crippen LogP contribution is 2.35. The standard InChI is InChI=1S/C25H32ClN3O4/c1-3-14-27-23(31)21(4-2)29(16-17-9-5-8-12-20(17)26)22(30)13-15-28-24(32)18-10-6-7-11-19(18)25(28)33/h5-9,12,18-19,21H,3-4,10-11,13-16H2,1-2H3,(H,27,31)/t18-,19+,21?. The second kappa shape index (κ2) is 11.5. The van der Waals surface area contributed by atoms with Gasteiger partial charge < -0.3 is 10.2 Å². The van der Waals surface area contributed by atoms with Crippen molar-refractivity contribution in [1.29, 1.82) is 0 Å². The summed E-state index contributed by atoms with van der Waals surface area (Å²) in [6, 6.07) is 6.54. The van der Waals surface area contributed by atoms with Gasteiger partial charge in [0.15, 0.2) is 0 Å². The van der Waals surface area contributed by atoms with Crippen LogP contribution in [0.1, 0.15) is 51.5 Å². The van der Waals surface area contributed by atoms with Gasteiger partial charge in [-0.1, -0.05) is 55.8 Å². The van der Waals surface area contributed by atoms with Gasteiger partial charge in [-0.15, -0.1) is 0 Å². The Morgan fingerprint density at radius 1 is 1.12 bits per heavy atom. The van der Waals surface area contributed by atoms with Gasteiger partial charge in [0.2, 0.25) is 23.6 Å². The molecule has 2 aliphatic rings. The van der Waals surface area contributed by atoms with Gasteiger partial charge in [0.25, 0.3) is 0 Å². The number of hydrogen-bond acceptors (Lipinski definition) is 4. The Morgan fingerprint density at radius 3 is 2.33 bits per heavy atom. The fraction of sp³-hybridized carbons (Fsp3) is 0.520. The summed E-state index contributed by atoms with van der Waals surface area (Å²) in [6.45, 7) is 4.54. The number of amides is 4. The molecule has 1 saturated heterocycles. The molecular formula is C25H32ClN3O4. The molecule has 8 heteroatoms. The van der Waals surface area contributed by atoms with Crippen molar-refractivity contribution in [2.24, 2.45) is 11.8 Å². The molecule has 3 rings (SSSR count). The van der Waals surface area contributed by atoms with E-state index in [0.717, 1.165) is 12.0 Å². The number of hydrogen-bond donors (Lipinski definition) is 1. The average molecular weight is 474 g/mol. The zero-order valence-corrected chi connectivity index (χ0v) is 20.0. The van der Waals surface area contributed by atoms with Crippen molar-refractivity contribution in [1.82, 2.24) is 15.1 Å². The van der Waals surface area contributed by atoms with Crippen molar-refractivity contribution in [3.8, 4) is 0 Å². The van der Waals surface area contributed by atoms with Crippen LogP contribution in [0.2, 0.25) is 5.02 Å². The number of carbonyl (C=O) groups excluding carboxylic acids is 4. The Bertz CT molecular complexity index is 906. The molecule has 1 aromatic rings. The molecule has 1 heterocycles. The van der Waals surface area contributed by atoms with Crippen molar-refractivity contribution in [3.63, 3.8) is 0 Å². The highest BCUT2D eigenvalue weighted by molar-refractivity contribution is 6.31. The van der Waals surface area contributed by atoms with E-state index in [4.69, 9.17) is 11.6 Å². The minimum Gasteiger partial charge on any atom is -0.354 e. The Hall–Kier alpha value is -2.67. The fourth-order valence-corrected chi connectivity index (χ4v) is 4.73. The number of benzene rings is 1. The van der Waals surface area contributed by atoms with Crippen LogP contribution in [0.3, 0.4) is 0 Å². The first-order valence-corrected chi connectivity index (χ1v) is 12.1. The number of halogens is 1. The lowest BCUT2D eigenvalue weighted by Gasteiger charge is -2.31. The Labute approximate surface area is 200 Å². The molecule has 33 heavy (non-hydrogen) atoms. The number of nitrogens with one attached hydrogen (secondary N) is 1. The van der Waals surface area contributed by atoms with Gasteiger partial charge in [0.05, 0.1) is 11.8 Å². The van der Waals surface area contributed by atoms with Crippen LogP contribution in [0.5, 0.6) is 0 Å². The van der Waals surface area contributed by atoms with E-state index in [9.17, 15) is 19.2 Å². The van der Waals surface area contributed by atoms with Crippen LogP contribution in [-0.4, -0.2) is 52.6 Å². The highest BCUT2D eigenvalue weighted by Gasteiger charge is 2.47. The van der Waals surface area contributed by atoms with E-state index in [0.29, 0.717) is 30.8 Å². The first-order valence-electron chi connectivity index (χ1n) is 11.7. The third kappa shape index (κ3) is 5.64. The van der Waals surface area contributed by atoms with E-state index in [2.05, 4.69) is 5.32 Å². The Kier molecular flexibility index (Phi) is 8.67. The highest BCUT2D eigenvalue weighted by atomic mass is 35.5. The van der Waals surface area contributed by atoms with E-state index >= 15 is 0 Å². The molecule has 3 atom stereocenters. The molecule has 0 bridgehead atoms. The van der Waals surface area contributed by atoms with Gasteiger partial charge in [-0.3, -0.25) is 24.1 Å². The molecule has 4 amide bonds. The molecule has 178 valence electrons. The molecule has 1 aliphatic heterocycles. The van der Waals surface area contributed by atoms with Crippen LogP contribution in [0.4, 0.5) is 0 Å². The molecule has 0 aromatic heterocycles. The summed E-state index contributed by atoms with van der Waals surface area (Å²) in [5.74, 6) is -1.55. The van der Waals surface area contributed by atoms with Gasteiger partial charge >= 0.3 is 0 Å². The maximum Gasteiger partial charge on any atom is 0.242 e. The number of imide groups is 1. The SMILES string of the molecule is CCCNC(=O)C(CC)N(Cc1ccccc1Cl)C(=O)CCN1C(=O)[C@H]2CC=CC[C@H]2C1=O. The second-order valence-electron chi connectivity index (χ2n) is 8.56. The Balaban J connectivity index is 1.75. The van der Waals surface area contributed by atoms with Crippen molar-refractivity contribution < 1.29 is 19.2 Å². The monoisotopic (exact) mass is 473 g/mol. The summed E-state index contributed by atoms with van der Waals surface area (Å²) < 4.78 is 0. The van der Waals surface area contributed by atoms with Gasteiger partial charge in [0, 0.05) is 31.1 Å². The summed E-state index contributed by atoms with van der Waals surface area (Å²) in [5.41, 5.74) is 0.736. The normalized spacial score (nSPS) is 20.5. The average Bonchev–Trinajstić information content (AvgIpc) is 3.06. The summed E-state index contributed by atoms with van der Waals surface area (Å²) in [7, 11) is 0. The maximum absolute atomic E-state index is 13.4. The first kappa shape index (κ1) is 25.0. The van der Waals surface area contributed by atoms with Gasteiger partial charge in [-0.05, 0) is 37.3 Å². The van der Waals surface area contributed by atoms with Crippen molar-refractivity contribution in [3.05, 3.63) is 47.0 Å². The Morgan fingerprint density at radius 2 is 1.76 bits per heavy atom. The smallest absolute Gasteiger partial charge is 0.242 e. The number of likely N-dealkylation sites (tertiary alicyclic amines) is 1. The maximum atomic E-state index is 13.4. The van der Waals surface area contributed by atoms with Gasteiger partial charge in [-0.2, -0.15) is 0 Å². The topological polar surface area (TPSA) is 86.8 Å². The number of nitrogens with zero attached hydrogens (tertiary/aromatic N) is 2. The van der Waals surface area contributed by atoms with Gasteiger partial charge in [0.1, 0.15) is 6.04 Å². The lowest BCUT2D eigenvalue weighted by atomic mass is 9.85. The van der Waals surface area contributed by atoms with Crippen LogP contribution in [-0.2, 0) is 25.7 Å². The summed E-state index contributed by atoms with van der Waals surface area (Å²) in [4.78, 5) is 54.4. The minimum absolute atomic E-state index is 0.0233. The van der Waals surface area contributed by atoms with E-state index in [1.165, 1.54) is 9.80 Å². The van der Waals surface area contributed by atoms with Crippen molar-refractivity contribution >= 4 is 35.2 Å². The molecule has 7 nitrogen and oxygen atoms in total. The number of fused-ring (bicyclic) bond motifs is 1. The molecular weight excluding hydrogens is 442 g/mol. The van der Waals surface area contributed by atoms with E-state index < -0.39 is 6.04 Å². The largest absolute Gasteiger partial charge is 0.354 e. The number of allylic oxidation sites excluding steroid dienone is 2. The minimum atomic E-state index is -0.669. The second-order valence-corrected chi connectivity index (χ2v) is 8.97. The summed E-state index contributed by atoms with van der Waals surface area (Å²) in [6.07, 6.45) is 6.19. The lowest BCUT2D eigenvalue weighted by Crippen LogP contribution is -2.49. The molecule has 1 unspecified atom stereocenters. The predicted octanol–water partition coefficient (Wildman–Crippen LogP) is 3.31. The van der Waals surface area contributed by atoms with Gasteiger partial charge in [-0.25, -0.2) is 0 Å². The molecule has 1 N–H and O–H groups in total. The quantitative estimate of drug-likeness (QED) is 0.417. The lowest BCUT2D eigenvalue weighted by molar-refractivity contribution is -0.144. The van der Waals surface area contributed by atoms with Crippen LogP contribution in [0.25, 0.3) is 0 Å². The molecule has 1 aromatic carbocycles. The number of carbonyl (C=O) groups is 4. The summed E-state index contributed by atoms with van der Waals surface area (Å²) in [5, 5.41) is 3.39. The predicted molar refractivity (Wildman–Crippen MR) is 126 cm³/mol. The van der Waals surface area contributed by atoms with E-state index in [-0.39, 0.29) is 55.0 Å². The third-order valence-electron chi connectivity index (χ3n) is 6.38. The van der Waals surface area contributed by atoms with Crippen molar-refractivity contribution in [2.45, 2.75) is 58.5 Å². The van der Waals surface area contributed by atoms with Crippen LogP contribution in [0.15, 0.2) is 36.4 Å². The van der Waals surface area contributed by atoms with Crippen LogP contribution in [0, 0.1) is 11.8 Å². The summed E-state index contributed by atoms with van der Waals surface area (Å²) >= 11 is 6.33. The molecule has 0 spiro atoms. The first-order chi connectivity index (χ1) is 15.9. The zero-order chi connectivity index (χ0) is 24.0. The molecule has 0 radical (unpaired) electrons. The molecule has 1 aliphatic carbocycles. The number of rotatable bonds is 10. The fourth-order valence-electron chi connectivity index (χ4n) is 4.54. The van der Waals surface area contributed by atoms with E-state index in [1.807, 2.05) is 44.2 Å². The zero-order valence-electron chi connectivity index (χ0n) is 19.3. The van der Waals surface area contributed by atoms with E-state index in [1.54, 1.807) is 6.07 Å². The van der Waals surface area contributed by atoms with Crippen LogP contribution >= 0.6 is 11.6 Å². The van der Waals surface area contributed by atoms with Crippen molar-refractivity contribution in [2.75, 3.05) is 13.1 Å². The third-order valence-corrected chi connectivity index (χ3v) is 6.75.